The predicted molar refractivity (Wildman–Crippen MR) is 82.2 cm³/mol. The van der Waals surface area contributed by atoms with Crippen LogP contribution < -0.4 is 10.5 Å². The number of nitrogens with two attached hydrogens (primary N) is 1. The fourth-order valence-electron chi connectivity index (χ4n) is 1.93. The molecule has 2 aromatic carbocycles. The zero-order valence-electron chi connectivity index (χ0n) is 11.5. The van der Waals surface area contributed by atoms with Gasteiger partial charge in [0.25, 0.3) is 0 Å². The molecule has 106 valence electrons. The van der Waals surface area contributed by atoms with E-state index in [1.807, 2.05) is 38.1 Å². The molecule has 0 saturated carbocycles. The molecule has 0 bridgehead atoms. The average Bonchev–Trinajstić information content (AvgIpc) is 2.41. The van der Waals surface area contributed by atoms with E-state index in [0.717, 1.165) is 22.4 Å². The van der Waals surface area contributed by atoms with Gasteiger partial charge in [-0.3, -0.25) is 0 Å². The molecule has 0 aliphatic carbocycles. The van der Waals surface area contributed by atoms with Crippen LogP contribution >= 0.6 is 15.9 Å². The largest absolute Gasteiger partial charge is 0.489 e. The van der Waals surface area contributed by atoms with Crippen LogP contribution in [0.25, 0.3) is 0 Å². The maximum absolute atomic E-state index is 13.4. The van der Waals surface area contributed by atoms with E-state index in [0.29, 0.717) is 11.1 Å². The van der Waals surface area contributed by atoms with Crippen molar-refractivity contribution in [2.24, 2.45) is 5.73 Å². The van der Waals surface area contributed by atoms with E-state index < -0.39 is 0 Å². The van der Waals surface area contributed by atoms with Crippen molar-refractivity contribution >= 4 is 15.9 Å². The molecule has 0 heterocycles. The Morgan fingerprint density at radius 3 is 2.70 bits per heavy atom. The molecule has 0 aliphatic rings. The molecule has 0 fully saturated rings. The Morgan fingerprint density at radius 1 is 1.30 bits per heavy atom. The third-order valence-electron chi connectivity index (χ3n) is 3.14. The van der Waals surface area contributed by atoms with Gasteiger partial charge in [-0.15, -0.1) is 0 Å². The van der Waals surface area contributed by atoms with E-state index in [1.165, 1.54) is 6.07 Å². The first-order chi connectivity index (χ1) is 9.49. The molecule has 0 saturated heterocycles. The summed E-state index contributed by atoms with van der Waals surface area (Å²) < 4.78 is 19.6. The molecule has 0 aliphatic heterocycles. The highest BCUT2D eigenvalue weighted by Gasteiger charge is 2.08. The van der Waals surface area contributed by atoms with Crippen LogP contribution in [0.5, 0.6) is 5.75 Å². The Balaban J connectivity index is 2.13. The van der Waals surface area contributed by atoms with Crippen molar-refractivity contribution < 1.29 is 9.13 Å². The van der Waals surface area contributed by atoms with Gasteiger partial charge in [0.05, 0.1) is 4.47 Å². The summed E-state index contributed by atoms with van der Waals surface area (Å²) in [7, 11) is 0. The van der Waals surface area contributed by atoms with E-state index in [4.69, 9.17) is 10.5 Å². The third-order valence-corrected chi connectivity index (χ3v) is 4.03. The molecule has 1 unspecified atom stereocenters. The summed E-state index contributed by atoms with van der Waals surface area (Å²) in [6, 6.07) is 10.8. The zero-order valence-corrected chi connectivity index (χ0v) is 13.1. The molecule has 0 amide bonds. The van der Waals surface area contributed by atoms with Crippen molar-refractivity contribution in [1.29, 1.82) is 0 Å². The molecular weight excluding hydrogens is 321 g/mol. The topological polar surface area (TPSA) is 35.2 Å². The van der Waals surface area contributed by atoms with Gasteiger partial charge in [-0.25, -0.2) is 4.39 Å². The van der Waals surface area contributed by atoms with Crippen molar-refractivity contribution in [1.82, 2.24) is 0 Å². The van der Waals surface area contributed by atoms with Crippen LogP contribution in [0.3, 0.4) is 0 Å². The second kappa shape index (κ2) is 6.37. The lowest BCUT2D eigenvalue weighted by molar-refractivity contribution is 0.302. The van der Waals surface area contributed by atoms with Crippen LogP contribution in [0.1, 0.15) is 29.7 Å². The first-order valence-corrected chi connectivity index (χ1v) is 7.20. The van der Waals surface area contributed by atoms with Crippen LogP contribution in [0.15, 0.2) is 40.9 Å². The summed E-state index contributed by atoms with van der Waals surface area (Å²) in [6.45, 7) is 4.23. The van der Waals surface area contributed by atoms with Gasteiger partial charge in [-0.05, 0) is 53.0 Å². The lowest BCUT2D eigenvalue weighted by Gasteiger charge is -2.13. The van der Waals surface area contributed by atoms with Crippen LogP contribution in [-0.2, 0) is 6.61 Å². The summed E-state index contributed by atoms with van der Waals surface area (Å²) in [5.74, 6) is 0.501. The molecule has 2 rings (SSSR count). The van der Waals surface area contributed by atoms with Crippen molar-refractivity contribution in [3.05, 3.63) is 63.4 Å². The molecule has 2 nitrogen and oxygen atoms in total. The monoisotopic (exact) mass is 337 g/mol. The molecule has 0 spiro atoms. The molecule has 4 heteroatoms. The van der Waals surface area contributed by atoms with Crippen molar-refractivity contribution in [3.63, 3.8) is 0 Å². The molecule has 2 N–H and O–H groups in total. The standard InChI is InChI=1S/C16H17BrFNO/c1-10-8-12(11(2)19)6-7-15(10)20-9-13-4-3-5-14(18)16(13)17/h3-8,11H,9,19H2,1-2H3. The number of hydrogen-bond donors (Lipinski definition) is 1. The number of ether oxygens (including phenoxy) is 1. The number of rotatable bonds is 4. The highest BCUT2D eigenvalue weighted by Crippen LogP contribution is 2.25. The van der Waals surface area contributed by atoms with E-state index in [9.17, 15) is 4.39 Å². The zero-order chi connectivity index (χ0) is 14.7. The minimum atomic E-state index is -0.282. The number of aryl methyl sites for hydroxylation is 1. The molecular formula is C16H17BrFNO. The smallest absolute Gasteiger partial charge is 0.137 e. The van der Waals surface area contributed by atoms with Gasteiger partial charge in [0.1, 0.15) is 18.2 Å². The maximum Gasteiger partial charge on any atom is 0.137 e. The minimum absolute atomic E-state index is 0.000105. The average molecular weight is 338 g/mol. The number of hydrogen-bond acceptors (Lipinski definition) is 2. The van der Waals surface area contributed by atoms with Gasteiger partial charge in [0.2, 0.25) is 0 Å². The van der Waals surface area contributed by atoms with Gasteiger partial charge in [0.15, 0.2) is 0 Å². The van der Waals surface area contributed by atoms with Crippen LogP contribution in [0.2, 0.25) is 0 Å². The van der Waals surface area contributed by atoms with E-state index in [-0.39, 0.29) is 11.9 Å². The first kappa shape index (κ1) is 15.0. The van der Waals surface area contributed by atoms with Gasteiger partial charge in [0, 0.05) is 11.6 Å². The fraction of sp³-hybridized carbons (Fsp3) is 0.250. The van der Waals surface area contributed by atoms with Gasteiger partial charge in [-0.1, -0.05) is 24.3 Å². The van der Waals surface area contributed by atoms with Gasteiger partial charge >= 0.3 is 0 Å². The summed E-state index contributed by atoms with van der Waals surface area (Å²) in [5.41, 5.74) is 8.72. The highest BCUT2D eigenvalue weighted by atomic mass is 79.9. The Labute approximate surface area is 126 Å². The number of benzene rings is 2. The van der Waals surface area contributed by atoms with Crippen molar-refractivity contribution in [2.45, 2.75) is 26.5 Å². The van der Waals surface area contributed by atoms with Gasteiger partial charge < -0.3 is 10.5 Å². The highest BCUT2D eigenvalue weighted by molar-refractivity contribution is 9.10. The Morgan fingerprint density at radius 2 is 2.05 bits per heavy atom. The van der Waals surface area contributed by atoms with Crippen LogP contribution in [-0.4, -0.2) is 0 Å². The van der Waals surface area contributed by atoms with Crippen LogP contribution in [0.4, 0.5) is 4.39 Å². The van der Waals surface area contributed by atoms with Crippen molar-refractivity contribution in [2.75, 3.05) is 0 Å². The van der Waals surface area contributed by atoms with E-state index >= 15 is 0 Å². The molecule has 2 aromatic rings. The molecule has 0 radical (unpaired) electrons. The minimum Gasteiger partial charge on any atom is -0.489 e. The third kappa shape index (κ3) is 3.38. The summed E-state index contributed by atoms with van der Waals surface area (Å²) in [5, 5.41) is 0. The number of halogens is 2. The Kier molecular flexibility index (Phi) is 4.78. The summed E-state index contributed by atoms with van der Waals surface area (Å²) >= 11 is 3.23. The quantitative estimate of drug-likeness (QED) is 0.891. The van der Waals surface area contributed by atoms with Gasteiger partial charge in [-0.2, -0.15) is 0 Å². The lowest BCUT2D eigenvalue weighted by Crippen LogP contribution is -2.05. The normalized spacial score (nSPS) is 12.2. The summed E-state index contributed by atoms with van der Waals surface area (Å²) in [6.07, 6.45) is 0. The molecule has 0 aromatic heterocycles. The second-order valence-corrected chi connectivity index (χ2v) is 5.61. The Hall–Kier alpha value is -1.39. The van der Waals surface area contributed by atoms with Crippen molar-refractivity contribution in [3.8, 4) is 5.75 Å². The summed E-state index contributed by atoms with van der Waals surface area (Å²) in [4.78, 5) is 0. The Bertz CT molecular complexity index is 613. The van der Waals surface area contributed by atoms with E-state index in [1.54, 1.807) is 6.07 Å². The fourth-order valence-corrected chi connectivity index (χ4v) is 2.31. The second-order valence-electron chi connectivity index (χ2n) is 4.82. The van der Waals surface area contributed by atoms with Crippen LogP contribution in [0, 0.1) is 12.7 Å². The maximum atomic E-state index is 13.4. The first-order valence-electron chi connectivity index (χ1n) is 6.41. The SMILES string of the molecule is Cc1cc(C(C)N)ccc1OCc1cccc(F)c1Br. The van der Waals surface area contributed by atoms with E-state index in [2.05, 4.69) is 15.9 Å². The molecule has 1 atom stereocenters. The molecule has 20 heavy (non-hydrogen) atoms. The predicted octanol–water partition coefficient (Wildman–Crippen LogP) is 4.50. The lowest BCUT2D eigenvalue weighted by atomic mass is 10.1.